The smallest absolute Gasteiger partial charge is 0.375 e. The number of benzene rings is 1. The fourth-order valence-electron chi connectivity index (χ4n) is 3.23. The van der Waals surface area contributed by atoms with Gasteiger partial charge in [0.15, 0.2) is 5.96 Å². The second-order valence-electron chi connectivity index (χ2n) is 9.29. The number of thiophene rings is 1. The largest absolute Gasteiger partial charge is 0.466 e. The van der Waals surface area contributed by atoms with Gasteiger partial charge in [-0.25, -0.2) is 23.0 Å². The van der Waals surface area contributed by atoms with E-state index in [4.69, 9.17) is 20.9 Å². The third kappa shape index (κ3) is 8.70. The molecule has 18 heteroatoms. The number of nitrogens with zero attached hydrogens (tertiary/aromatic N) is 2. The van der Waals surface area contributed by atoms with Gasteiger partial charge in [0.05, 0.1) is 22.6 Å². The number of non-ortho nitro benzene ring substituents is 1. The van der Waals surface area contributed by atoms with Crippen molar-refractivity contribution >= 4 is 62.3 Å². The predicted octanol–water partition coefficient (Wildman–Crippen LogP) is 1.02. The standard InChI is InChI=1S/C23H28N6O10S2/c1-22(2,3)39-19(32)16(30)9-11-23(20(33)38-4,27-21(24)25)26-18(31)17-15(10-12-40-17)28-41(36,37)14-7-5-13(6-8-14)29(34)35/h5-8,10,12,28H,9,11H2,1-4H3,(H,26,31)(H4,24,25,27)/t23-/m1/s1. The van der Waals surface area contributed by atoms with Crippen molar-refractivity contribution in [3.05, 3.63) is 50.7 Å². The Bertz CT molecular complexity index is 1470. The maximum absolute atomic E-state index is 13.3. The number of methoxy groups -OCH3 is 1. The van der Waals surface area contributed by atoms with Gasteiger partial charge in [-0.2, -0.15) is 0 Å². The number of sulfonamides is 1. The number of hydrogen-bond acceptors (Lipinski definition) is 12. The molecule has 2 rings (SSSR count). The molecule has 6 N–H and O–H groups in total. The third-order valence-corrected chi connectivity index (χ3v) is 7.27. The van der Waals surface area contributed by atoms with Crippen molar-refractivity contribution in [3.8, 4) is 0 Å². The van der Waals surface area contributed by atoms with Crippen molar-refractivity contribution in [2.24, 2.45) is 16.5 Å². The van der Waals surface area contributed by atoms with Crippen LogP contribution in [-0.2, 0) is 33.9 Å². The number of nitrogens with one attached hydrogen (secondary N) is 2. The van der Waals surface area contributed by atoms with E-state index >= 15 is 0 Å². The average Bonchev–Trinajstić information content (AvgIpc) is 3.32. The van der Waals surface area contributed by atoms with Crippen LogP contribution in [0.2, 0.25) is 0 Å². The van der Waals surface area contributed by atoms with Gasteiger partial charge in [0.25, 0.3) is 21.6 Å². The summed E-state index contributed by atoms with van der Waals surface area (Å²) in [5.74, 6) is -5.14. The highest BCUT2D eigenvalue weighted by Crippen LogP contribution is 2.28. The van der Waals surface area contributed by atoms with E-state index in [0.717, 1.165) is 42.7 Å². The van der Waals surface area contributed by atoms with E-state index in [1.165, 1.54) is 11.4 Å². The molecule has 1 heterocycles. The summed E-state index contributed by atoms with van der Waals surface area (Å²) in [5, 5.41) is 14.5. The fraction of sp³-hybridized carbons (Fsp3) is 0.348. The Morgan fingerprint density at radius 2 is 1.71 bits per heavy atom. The number of rotatable bonds is 12. The molecular weight excluding hydrogens is 584 g/mol. The number of anilines is 1. The molecule has 41 heavy (non-hydrogen) atoms. The minimum Gasteiger partial charge on any atom is -0.466 e. The molecule has 0 fully saturated rings. The second kappa shape index (κ2) is 12.7. The highest BCUT2D eigenvalue weighted by Gasteiger charge is 2.43. The number of carbonyl (C=O) groups excluding carboxylic acids is 4. The van der Waals surface area contributed by atoms with E-state index in [9.17, 15) is 37.7 Å². The Hall–Kier alpha value is -4.58. The zero-order valence-electron chi connectivity index (χ0n) is 22.3. The monoisotopic (exact) mass is 612 g/mol. The lowest BCUT2D eigenvalue weighted by Crippen LogP contribution is -2.55. The first kappa shape index (κ1) is 32.6. The van der Waals surface area contributed by atoms with E-state index in [1.54, 1.807) is 20.8 Å². The lowest BCUT2D eigenvalue weighted by Gasteiger charge is -2.28. The molecule has 0 aliphatic carbocycles. The highest BCUT2D eigenvalue weighted by atomic mass is 32.2. The summed E-state index contributed by atoms with van der Waals surface area (Å²) in [6.45, 7) is 4.64. The Kier molecular flexibility index (Phi) is 10.1. The van der Waals surface area contributed by atoms with Crippen LogP contribution in [-0.4, -0.2) is 61.3 Å². The maximum atomic E-state index is 13.3. The molecule has 0 aliphatic heterocycles. The molecule has 1 aromatic heterocycles. The summed E-state index contributed by atoms with van der Waals surface area (Å²) in [5.41, 5.74) is 7.06. The zero-order chi connectivity index (χ0) is 31.2. The van der Waals surface area contributed by atoms with Crippen LogP contribution >= 0.6 is 11.3 Å². The Morgan fingerprint density at radius 3 is 2.22 bits per heavy atom. The maximum Gasteiger partial charge on any atom is 0.375 e. The number of nitro benzene ring substituents is 1. The number of hydrogen-bond donors (Lipinski definition) is 4. The van der Waals surface area contributed by atoms with E-state index < -0.39 is 68.6 Å². The van der Waals surface area contributed by atoms with Crippen molar-refractivity contribution in [2.45, 2.75) is 49.8 Å². The number of carbonyl (C=O) groups is 4. The minimum absolute atomic E-state index is 0.209. The van der Waals surface area contributed by atoms with Crippen LogP contribution in [0.25, 0.3) is 0 Å². The van der Waals surface area contributed by atoms with Gasteiger partial charge < -0.3 is 26.3 Å². The van der Waals surface area contributed by atoms with E-state index in [0.29, 0.717) is 0 Å². The number of nitro groups is 1. The van der Waals surface area contributed by atoms with Gasteiger partial charge in [-0.05, 0) is 44.4 Å². The highest BCUT2D eigenvalue weighted by molar-refractivity contribution is 7.92. The topological polar surface area (TPSA) is 252 Å². The zero-order valence-corrected chi connectivity index (χ0v) is 24.0. The van der Waals surface area contributed by atoms with E-state index in [2.05, 4.69) is 15.0 Å². The van der Waals surface area contributed by atoms with Crippen molar-refractivity contribution in [2.75, 3.05) is 11.8 Å². The normalized spacial score (nSPS) is 12.8. The van der Waals surface area contributed by atoms with Gasteiger partial charge >= 0.3 is 11.9 Å². The summed E-state index contributed by atoms with van der Waals surface area (Å²) < 4.78 is 37.7. The lowest BCUT2D eigenvalue weighted by atomic mass is 10.0. The lowest BCUT2D eigenvalue weighted by molar-refractivity contribution is -0.384. The molecular formula is C23H28N6O10S2. The molecule has 1 amide bonds. The Labute approximate surface area is 238 Å². The number of guanidine groups is 1. The van der Waals surface area contributed by atoms with Crippen LogP contribution in [0.3, 0.4) is 0 Å². The number of aliphatic imine (C=N–C) groups is 1. The number of ketones is 1. The Balaban J connectivity index is 2.37. The SMILES string of the molecule is COC(=O)[C@@](CCC(=O)C(=O)OC(C)(C)C)(N=C(N)N)NC(=O)c1sccc1NS(=O)(=O)c1ccc([N+](=O)[O-])cc1. The molecule has 222 valence electrons. The number of ether oxygens (including phenoxy) is 2. The molecule has 0 unspecified atom stereocenters. The van der Waals surface area contributed by atoms with Crippen molar-refractivity contribution in [3.63, 3.8) is 0 Å². The van der Waals surface area contributed by atoms with Crippen molar-refractivity contribution < 1.29 is 42.0 Å². The van der Waals surface area contributed by atoms with Crippen LogP contribution in [0.1, 0.15) is 43.3 Å². The van der Waals surface area contributed by atoms with Crippen LogP contribution < -0.4 is 21.5 Å². The number of amides is 1. The summed E-state index contributed by atoms with van der Waals surface area (Å²) in [4.78, 5) is 64.1. The Morgan fingerprint density at radius 1 is 1.10 bits per heavy atom. The van der Waals surface area contributed by atoms with Crippen LogP contribution in [0.5, 0.6) is 0 Å². The molecule has 0 spiro atoms. The quantitative estimate of drug-likeness (QED) is 0.0654. The van der Waals surface area contributed by atoms with Crippen LogP contribution in [0.15, 0.2) is 45.6 Å². The van der Waals surface area contributed by atoms with Crippen LogP contribution in [0, 0.1) is 10.1 Å². The van der Waals surface area contributed by atoms with E-state index in [-0.39, 0.29) is 21.1 Å². The predicted molar refractivity (Wildman–Crippen MR) is 146 cm³/mol. The number of Topliss-reactive ketones (excluding diaryl/α,β-unsaturated/α-hetero) is 1. The molecule has 1 atom stereocenters. The molecule has 0 saturated carbocycles. The molecule has 0 aliphatic rings. The molecule has 1 aromatic carbocycles. The van der Waals surface area contributed by atoms with E-state index in [1.807, 2.05) is 0 Å². The number of nitrogens with two attached hydrogens (primary N) is 2. The first-order valence-corrected chi connectivity index (χ1v) is 13.9. The molecule has 2 aromatic rings. The van der Waals surface area contributed by atoms with Crippen LogP contribution in [0.4, 0.5) is 11.4 Å². The first-order chi connectivity index (χ1) is 18.9. The minimum atomic E-state index is -4.31. The van der Waals surface area contributed by atoms with Gasteiger partial charge in [0, 0.05) is 25.0 Å². The summed E-state index contributed by atoms with van der Waals surface area (Å²) >= 11 is 0.782. The van der Waals surface area contributed by atoms with Gasteiger partial charge in [0.2, 0.25) is 11.4 Å². The summed E-state index contributed by atoms with van der Waals surface area (Å²) in [6, 6.07) is 5.27. The fourth-order valence-corrected chi connectivity index (χ4v) is 5.11. The molecule has 0 bridgehead atoms. The van der Waals surface area contributed by atoms with Crippen molar-refractivity contribution in [1.82, 2.24) is 5.32 Å². The third-order valence-electron chi connectivity index (χ3n) is 4.98. The first-order valence-electron chi connectivity index (χ1n) is 11.5. The van der Waals surface area contributed by atoms with Gasteiger partial charge in [-0.15, -0.1) is 11.3 Å². The van der Waals surface area contributed by atoms with Gasteiger partial charge in [-0.1, -0.05) is 0 Å². The van der Waals surface area contributed by atoms with Crippen molar-refractivity contribution in [1.29, 1.82) is 0 Å². The average molecular weight is 613 g/mol. The molecule has 0 saturated heterocycles. The molecule has 16 nitrogen and oxygen atoms in total. The second-order valence-corrected chi connectivity index (χ2v) is 11.9. The van der Waals surface area contributed by atoms with Gasteiger partial charge in [-0.3, -0.25) is 24.4 Å². The van der Waals surface area contributed by atoms with Gasteiger partial charge in [0.1, 0.15) is 10.5 Å². The number of esters is 2. The summed E-state index contributed by atoms with van der Waals surface area (Å²) in [6.07, 6.45) is -1.28. The summed E-state index contributed by atoms with van der Waals surface area (Å²) in [7, 11) is -3.34. The molecule has 0 radical (unpaired) electrons.